The average Bonchev–Trinajstić information content (AvgIpc) is 2.48. The summed E-state index contributed by atoms with van der Waals surface area (Å²) in [4.78, 5) is 25.9. The third-order valence-corrected chi connectivity index (χ3v) is 1.60. The molecular weight excluding hydrogens is 172 g/mol. The Hall–Kier alpha value is -1.39. The van der Waals surface area contributed by atoms with Gasteiger partial charge >= 0.3 is 0 Å². The lowest BCUT2D eigenvalue weighted by molar-refractivity contribution is -0.121. The number of nitrogens with zero attached hydrogens (tertiary/aromatic N) is 1. The van der Waals surface area contributed by atoms with Crippen LogP contribution in [-0.4, -0.2) is 24.1 Å². The molecule has 0 bridgehead atoms. The molecule has 5 nitrogen and oxygen atoms in total. The summed E-state index contributed by atoms with van der Waals surface area (Å²) in [6.07, 6.45) is 1.82. The Morgan fingerprint density at radius 3 is 3.15 bits per heavy atom. The van der Waals surface area contributed by atoms with Crippen LogP contribution in [0.2, 0.25) is 0 Å². The van der Waals surface area contributed by atoms with Gasteiger partial charge in [-0.2, -0.15) is 0 Å². The van der Waals surface area contributed by atoms with E-state index in [9.17, 15) is 9.59 Å². The van der Waals surface area contributed by atoms with E-state index in [-0.39, 0.29) is 24.9 Å². The van der Waals surface area contributed by atoms with Crippen LogP contribution in [0.25, 0.3) is 0 Å². The molecule has 1 aliphatic rings. The van der Waals surface area contributed by atoms with Crippen LogP contribution in [0.15, 0.2) is 5.16 Å². The molecule has 5 heteroatoms. The maximum atomic E-state index is 11.1. The van der Waals surface area contributed by atoms with Gasteiger partial charge in [0.1, 0.15) is 12.4 Å². The van der Waals surface area contributed by atoms with Gasteiger partial charge in [-0.25, -0.2) is 0 Å². The van der Waals surface area contributed by atoms with Gasteiger partial charge in [0.2, 0.25) is 5.91 Å². The highest BCUT2D eigenvalue weighted by Gasteiger charge is 2.17. The molecule has 0 saturated heterocycles. The van der Waals surface area contributed by atoms with Crippen molar-refractivity contribution in [2.75, 3.05) is 0 Å². The molecule has 0 aromatic heterocycles. The van der Waals surface area contributed by atoms with Gasteiger partial charge in [-0.15, -0.1) is 0 Å². The summed E-state index contributed by atoms with van der Waals surface area (Å²) in [6, 6.07) is 0. The highest BCUT2D eigenvalue weighted by molar-refractivity contribution is 5.98. The van der Waals surface area contributed by atoms with Crippen LogP contribution in [0.3, 0.4) is 0 Å². The van der Waals surface area contributed by atoms with E-state index in [2.05, 4.69) is 10.5 Å². The van der Waals surface area contributed by atoms with E-state index in [0.29, 0.717) is 12.3 Å². The molecule has 1 aliphatic heterocycles. The quantitative estimate of drug-likeness (QED) is 0.637. The van der Waals surface area contributed by atoms with Crippen LogP contribution in [-0.2, 0) is 14.4 Å². The Morgan fingerprint density at radius 1 is 1.85 bits per heavy atom. The van der Waals surface area contributed by atoms with Crippen molar-refractivity contribution in [3.05, 3.63) is 0 Å². The minimum absolute atomic E-state index is 0.0290. The van der Waals surface area contributed by atoms with Crippen molar-refractivity contribution in [2.24, 2.45) is 5.16 Å². The number of amides is 1. The van der Waals surface area contributed by atoms with Crippen LogP contribution in [0, 0.1) is 0 Å². The van der Waals surface area contributed by atoms with Crippen molar-refractivity contribution < 1.29 is 14.4 Å². The van der Waals surface area contributed by atoms with E-state index in [4.69, 9.17) is 4.84 Å². The third kappa shape index (κ3) is 3.23. The van der Waals surface area contributed by atoms with Crippen LogP contribution in [0.4, 0.5) is 0 Å². The molecule has 0 fully saturated rings. The summed E-state index contributed by atoms with van der Waals surface area (Å²) in [5, 5.41) is 6.23. The van der Waals surface area contributed by atoms with Crippen molar-refractivity contribution in [2.45, 2.75) is 32.3 Å². The van der Waals surface area contributed by atoms with Gasteiger partial charge in [-0.05, 0) is 6.92 Å². The first-order chi connectivity index (χ1) is 6.22. The minimum Gasteiger partial charge on any atom is -0.391 e. The zero-order chi connectivity index (χ0) is 9.68. The molecule has 1 N–H and O–H groups in total. The van der Waals surface area contributed by atoms with Gasteiger partial charge < -0.3 is 14.9 Å². The summed E-state index contributed by atoms with van der Waals surface area (Å²) in [7, 11) is 0. The summed E-state index contributed by atoms with van der Waals surface area (Å²) < 4.78 is 0. The first kappa shape index (κ1) is 9.70. The summed E-state index contributed by atoms with van der Waals surface area (Å²) in [5.74, 6) is 0.354. The highest BCUT2D eigenvalue weighted by atomic mass is 16.6. The van der Waals surface area contributed by atoms with Crippen LogP contribution >= 0.6 is 0 Å². The Kier molecular flexibility index (Phi) is 3.42. The average molecular weight is 184 g/mol. The second-order valence-electron chi connectivity index (χ2n) is 2.91. The summed E-state index contributed by atoms with van der Waals surface area (Å²) in [5.41, 5.74) is 0. The molecular formula is C8H12N2O3. The second kappa shape index (κ2) is 4.59. The number of aldehydes is 1. The van der Waals surface area contributed by atoms with Crippen molar-refractivity contribution in [1.82, 2.24) is 5.32 Å². The maximum absolute atomic E-state index is 11.1. The molecule has 0 aliphatic carbocycles. The van der Waals surface area contributed by atoms with E-state index in [1.165, 1.54) is 0 Å². The first-order valence-electron chi connectivity index (χ1n) is 4.18. The minimum atomic E-state index is -0.191. The second-order valence-corrected chi connectivity index (χ2v) is 2.91. The van der Waals surface area contributed by atoms with E-state index in [1.54, 1.807) is 0 Å². The fourth-order valence-corrected chi connectivity index (χ4v) is 0.988. The smallest absolute Gasteiger partial charge is 0.225 e. The third-order valence-electron chi connectivity index (χ3n) is 1.60. The van der Waals surface area contributed by atoms with Crippen molar-refractivity contribution in [3.8, 4) is 0 Å². The highest BCUT2D eigenvalue weighted by Crippen LogP contribution is 2.07. The van der Waals surface area contributed by atoms with Gasteiger partial charge in [-0.1, -0.05) is 5.16 Å². The number of oxime groups is 1. The first-order valence-corrected chi connectivity index (χ1v) is 4.18. The molecule has 0 saturated carbocycles. The number of hydrogen-bond donors (Lipinski definition) is 1. The largest absolute Gasteiger partial charge is 0.391 e. The number of carbonyl (C=O) groups is 2. The molecule has 13 heavy (non-hydrogen) atoms. The van der Waals surface area contributed by atoms with Crippen LogP contribution < -0.4 is 5.32 Å². The zero-order valence-corrected chi connectivity index (χ0v) is 7.45. The monoisotopic (exact) mass is 184 g/mol. The fraction of sp³-hybridized carbons (Fsp3) is 0.625. The molecule has 1 amide bonds. The molecule has 0 aromatic carbocycles. The topological polar surface area (TPSA) is 67.8 Å². The molecule has 1 atom stereocenters. The lowest BCUT2D eigenvalue weighted by Gasteiger charge is -2.00. The SMILES string of the molecule is CC1CC(NC(=O)CCC=O)=NO1. The van der Waals surface area contributed by atoms with Crippen LogP contribution in [0.1, 0.15) is 26.2 Å². The van der Waals surface area contributed by atoms with Crippen LogP contribution in [0.5, 0.6) is 0 Å². The summed E-state index contributed by atoms with van der Waals surface area (Å²) in [6.45, 7) is 1.87. The molecule has 1 unspecified atom stereocenters. The lowest BCUT2D eigenvalue weighted by Crippen LogP contribution is -2.29. The molecule has 1 rings (SSSR count). The van der Waals surface area contributed by atoms with Gasteiger partial charge in [-0.3, -0.25) is 4.79 Å². The lowest BCUT2D eigenvalue weighted by atomic mass is 10.2. The molecule has 1 heterocycles. The van der Waals surface area contributed by atoms with Crippen molar-refractivity contribution >= 4 is 18.0 Å². The number of rotatable bonds is 3. The van der Waals surface area contributed by atoms with Crippen molar-refractivity contribution in [1.29, 1.82) is 0 Å². The Labute approximate surface area is 76.1 Å². The molecule has 72 valence electrons. The van der Waals surface area contributed by atoms with Gasteiger partial charge in [0, 0.05) is 19.3 Å². The summed E-state index contributed by atoms with van der Waals surface area (Å²) >= 11 is 0. The van der Waals surface area contributed by atoms with E-state index in [1.807, 2.05) is 6.92 Å². The van der Waals surface area contributed by atoms with E-state index in [0.717, 1.165) is 6.29 Å². The predicted molar refractivity (Wildman–Crippen MR) is 46.0 cm³/mol. The van der Waals surface area contributed by atoms with Crippen molar-refractivity contribution in [3.63, 3.8) is 0 Å². The van der Waals surface area contributed by atoms with E-state index >= 15 is 0 Å². The number of nitrogens with one attached hydrogen (secondary N) is 1. The molecule has 0 spiro atoms. The number of carbonyl (C=O) groups excluding carboxylic acids is 2. The maximum Gasteiger partial charge on any atom is 0.225 e. The Balaban J connectivity index is 2.24. The Morgan fingerprint density at radius 2 is 2.62 bits per heavy atom. The number of amidine groups is 1. The van der Waals surface area contributed by atoms with Gasteiger partial charge in [0.05, 0.1) is 0 Å². The molecule has 0 radical (unpaired) electrons. The normalized spacial score (nSPS) is 20.4. The predicted octanol–water partition coefficient (Wildman–Crippen LogP) is 0.204. The number of hydrogen-bond acceptors (Lipinski definition) is 4. The van der Waals surface area contributed by atoms with E-state index < -0.39 is 0 Å². The fourth-order valence-electron chi connectivity index (χ4n) is 0.988. The zero-order valence-electron chi connectivity index (χ0n) is 7.45. The standard InChI is InChI=1S/C8H12N2O3/c1-6-5-7(10-13-6)9-8(12)3-2-4-11/h4,6H,2-3,5H2,1H3,(H,9,10,12). The molecule has 0 aromatic rings. The van der Waals surface area contributed by atoms with Gasteiger partial charge in [0.25, 0.3) is 0 Å². The van der Waals surface area contributed by atoms with Gasteiger partial charge in [0.15, 0.2) is 5.84 Å². The Bertz CT molecular complexity index is 238.